The van der Waals surface area contributed by atoms with Crippen LogP contribution >= 0.6 is 0 Å². The van der Waals surface area contributed by atoms with Gasteiger partial charge in [0.25, 0.3) is 0 Å². The monoisotopic (exact) mass is 371 g/mol. The molecule has 0 fully saturated rings. The van der Waals surface area contributed by atoms with Gasteiger partial charge in [-0.1, -0.05) is 12.1 Å². The van der Waals surface area contributed by atoms with Gasteiger partial charge >= 0.3 is 6.03 Å². The van der Waals surface area contributed by atoms with Crippen LogP contribution in [0.5, 0.6) is 11.5 Å². The summed E-state index contributed by atoms with van der Waals surface area (Å²) in [5.41, 5.74) is 2.05. The molecule has 0 unspecified atom stereocenters. The molecular formula is C19H25N5O3. The van der Waals surface area contributed by atoms with Gasteiger partial charge in [0, 0.05) is 26.1 Å². The molecule has 4 rings (SSSR count). The molecule has 144 valence electrons. The zero-order chi connectivity index (χ0) is 18.5. The molecule has 3 N–H and O–H groups in total. The number of fused-ring (bicyclic) bond motifs is 2. The number of aromatic nitrogens is 2. The third kappa shape index (κ3) is 4.51. The first kappa shape index (κ1) is 17.7. The molecule has 1 aromatic heterocycles. The van der Waals surface area contributed by atoms with E-state index in [0.717, 1.165) is 43.2 Å². The highest BCUT2D eigenvalue weighted by atomic mass is 16.6. The molecule has 0 aliphatic carbocycles. The van der Waals surface area contributed by atoms with Crippen LogP contribution in [0.2, 0.25) is 0 Å². The minimum absolute atomic E-state index is 0.0588. The first-order chi connectivity index (χ1) is 13.3. The number of rotatable bonds is 5. The molecule has 0 bridgehead atoms. The first-order valence-electron chi connectivity index (χ1n) is 9.44. The topological polar surface area (TPSA) is 89.4 Å². The number of ether oxygens (including phenoxy) is 2. The van der Waals surface area contributed by atoms with Crippen molar-refractivity contribution in [2.75, 3.05) is 19.7 Å². The van der Waals surface area contributed by atoms with Gasteiger partial charge in [-0.3, -0.25) is 4.68 Å². The number of aryl methyl sites for hydroxylation is 1. The molecule has 1 atom stereocenters. The van der Waals surface area contributed by atoms with Crippen molar-refractivity contribution < 1.29 is 14.3 Å². The minimum Gasteiger partial charge on any atom is -0.486 e. The number of hydrogen-bond acceptors (Lipinski definition) is 5. The molecule has 2 aliphatic heterocycles. The summed E-state index contributed by atoms with van der Waals surface area (Å²) in [5, 5.41) is 13.6. The van der Waals surface area contributed by atoms with Crippen molar-refractivity contribution in [2.24, 2.45) is 0 Å². The van der Waals surface area contributed by atoms with Crippen LogP contribution in [-0.2, 0) is 19.6 Å². The number of carbonyl (C=O) groups is 1. The number of nitrogens with one attached hydrogen (secondary N) is 3. The summed E-state index contributed by atoms with van der Waals surface area (Å²) < 4.78 is 13.6. The number of hydrogen-bond donors (Lipinski definition) is 3. The van der Waals surface area contributed by atoms with E-state index in [4.69, 9.17) is 9.47 Å². The largest absolute Gasteiger partial charge is 0.486 e. The van der Waals surface area contributed by atoms with E-state index < -0.39 is 0 Å². The Bertz CT molecular complexity index is 768. The number of urea groups is 1. The van der Waals surface area contributed by atoms with E-state index in [1.807, 2.05) is 35.0 Å². The van der Waals surface area contributed by atoms with Crippen molar-refractivity contribution in [2.45, 2.75) is 38.6 Å². The van der Waals surface area contributed by atoms with Crippen LogP contribution in [0, 0.1) is 0 Å². The first-order valence-corrected chi connectivity index (χ1v) is 9.44. The maximum absolute atomic E-state index is 12.0. The summed E-state index contributed by atoms with van der Waals surface area (Å²) in [6.07, 6.45) is 1.70. The fourth-order valence-corrected chi connectivity index (χ4v) is 3.29. The molecule has 8 heteroatoms. The highest BCUT2D eigenvalue weighted by Gasteiger charge is 2.20. The number of para-hydroxylation sites is 2. The maximum atomic E-state index is 12.0. The van der Waals surface area contributed by atoms with Crippen LogP contribution in [-0.4, -0.2) is 41.6 Å². The van der Waals surface area contributed by atoms with E-state index in [1.54, 1.807) is 0 Å². The summed E-state index contributed by atoms with van der Waals surface area (Å²) in [5.74, 6) is 1.53. The molecule has 3 heterocycles. The van der Waals surface area contributed by atoms with E-state index in [1.165, 1.54) is 5.69 Å². The fraction of sp³-hybridized carbons (Fsp3) is 0.474. The van der Waals surface area contributed by atoms with Gasteiger partial charge in [0.1, 0.15) is 12.7 Å². The van der Waals surface area contributed by atoms with Gasteiger partial charge in [-0.25, -0.2) is 4.79 Å². The molecule has 27 heavy (non-hydrogen) atoms. The average molecular weight is 371 g/mol. The lowest BCUT2D eigenvalue weighted by Gasteiger charge is -2.26. The van der Waals surface area contributed by atoms with Crippen LogP contribution in [0.4, 0.5) is 4.79 Å². The van der Waals surface area contributed by atoms with E-state index >= 15 is 0 Å². The zero-order valence-electron chi connectivity index (χ0n) is 15.2. The van der Waals surface area contributed by atoms with Crippen molar-refractivity contribution in [3.8, 4) is 11.5 Å². The molecule has 0 saturated carbocycles. The van der Waals surface area contributed by atoms with Crippen LogP contribution in [0.3, 0.4) is 0 Å². The average Bonchev–Trinajstić information content (AvgIpc) is 2.95. The van der Waals surface area contributed by atoms with E-state index in [2.05, 4.69) is 21.0 Å². The fourth-order valence-electron chi connectivity index (χ4n) is 3.29. The van der Waals surface area contributed by atoms with E-state index in [0.29, 0.717) is 26.1 Å². The molecule has 0 radical (unpaired) electrons. The smallest absolute Gasteiger partial charge is 0.315 e. The second kappa shape index (κ2) is 8.30. The molecule has 2 aliphatic rings. The molecule has 8 nitrogen and oxygen atoms in total. The second-order valence-corrected chi connectivity index (χ2v) is 6.78. The van der Waals surface area contributed by atoms with Crippen molar-refractivity contribution >= 4 is 6.03 Å². The Morgan fingerprint density at radius 1 is 1.30 bits per heavy atom. The SMILES string of the molecule is O=C(NCC[C@H]1COc2ccccc2O1)NCc1cc2n(n1)CCCNC2. The maximum Gasteiger partial charge on any atom is 0.315 e. The summed E-state index contributed by atoms with van der Waals surface area (Å²) in [7, 11) is 0. The number of nitrogens with zero attached hydrogens (tertiary/aromatic N) is 2. The molecule has 2 amide bonds. The van der Waals surface area contributed by atoms with Crippen molar-refractivity contribution in [3.05, 3.63) is 41.7 Å². The lowest BCUT2D eigenvalue weighted by Crippen LogP contribution is -2.38. The van der Waals surface area contributed by atoms with Gasteiger partial charge in [0.05, 0.1) is 17.9 Å². The Labute approximate surface area is 158 Å². The van der Waals surface area contributed by atoms with Crippen LogP contribution in [0.25, 0.3) is 0 Å². The number of carbonyl (C=O) groups excluding carboxylic acids is 1. The predicted octanol–water partition coefficient (Wildman–Crippen LogP) is 1.41. The minimum atomic E-state index is -0.201. The Kier molecular flexibility index (Phi) is 5.43. The molecule has 0 spiro atoms. The van der Waals surface area contributed by atoms with Crippen LogP contribution < -0.4 is 25.4 Å². The summed E-state index contributed by atoms with van der Waals surface area (Å²) >= 11 is 0. The van der Waals surface area contributed by atoms with Crippen LogP contribution in [0.15, 0.2) is 30.3 Å². The Morgan fingerprint density at radius 3 is 3.11 bits per heavy atom. The van der Waals surface area contributed by atoms with Gasteiger partial charge in [-0.15, -0.1) is 0 Å². The quantitative estimate of drug-likeness (QED) is 0.739. The molecule has 2 aromatic rings. The Hall–Kier alpha value is -2.74. The third-order valence-electron chi connectivity index (χ3n) is 4.69. The predicted molar refractivity (Wildman–Crippen MR) is 99.8 cm³/mol. The molecular weight excluding hydrogens is 346 g/mol. The van der Waals surface area contributed by atoms with Crippen molar-refractivity contribution in [1.29, 1.82) is 0 Å². The van der Waals surface area contributed by atoms with Crippen molar-refractivity contribution in [3.63, 3.8) is 0 Å². The van der Waals surface area contributed by atoms with Gasteiger partial charge in [-0.2, -0.15) is 5.10 Å². The van der Waals surface area contributed by atoms with E-state index in [9.17, 15) is 4.79 Å². The second-order valence-electron chi connectivity index (χ2n) is 6.78. The van der Waals surface area contributed by atoms with Crippen molar-refractivity contribution in [1.82, 2.24) is 25.7 Å². The van der Waals surface area contributed by atoms with Gasteiger partial charge < -0.3 is 25.4 Å². The Balaban J connectivity index is 1.17. The van der Waals surface area contributed by atoms with Gasteiger partial charge in [0.2, 0.25) is 0 Å². The highest BCUT2D eigenvalue weighted by molar-refractivity contribution is 5.73. The summed E-state index contributed by atoms with van der Waals surface area (Å²) in [6, 6.07) is 9.47. The van der Waals surface area contributed by atoms with Crippen LogP contribution in [0.1, 0.15) is 24.2 Å². The number of amides is 2. The summed E-state index contributed by atoms with van der Waals surface area (Å²) in [6.45, 7) is 4.19. The van der Waals surface area contributed by atoms with Gasteiger partial charge in [0.15, 0.2) is 11.5 Å². The molecule has 1 aromatic carbocycles. The molecule has 0 saturated heterocycles. The third-order valence-corrected chi connectivity index (χ3v) is 4.69. The standard InChI is InChI=1S/C19H25N5O3/c25-19(22-11-14-10-15-12-20-7-3-9-24(15)23-14)21-8-6-16-13-26-17-4-1-2-5-18(17)27-16/h1-2,4-5,10,16,20H,3,6-9,11-13H2,(H2,21,22,25)/t16-/m0/s1. The normalized spacial score (nSPS) is 18.3. The van der Waals surface area contributed by atoms with Gasteiger partial charge in [-0.05, 0) is 31.2 Å². The van der Waals surface area contributed by atoms with E-state index in [-0.39, 0.29) is 12.1 Å². The lowest BCUT2D eigenvalue weighted by molar-refractivity contribution is 0.0853. The highest BCUT2D eigenvalue weighted by Crippen LogP contribution is 2.31. The summed E-state index contributed by atoms with van der Waals surface area (Å²) in [4.78, 5) is 12.0. The zero-order valence-corrected chi connectivity index (χ0v) is 15.2. The number of benzene rings is 1. The lowest BCUT2D eigenvalue weighted by atomic mass is 10.2. The Morgan fingerprint density at radius 2 is 2.19 bits per heavy atom.